The van der Waals surface area contributed by atoms with E-state index in [1.807, 2.05) is 28.2 Å². The van der Waals surface area contributed by atoms with E-state index in [-0.39, 0.29) is 5.41 Å². The van der Waals surface area contributed by atoms with Crippen molar-refractivity contribution in [1.82, 2.24) is 4.90 Å². The van der Waals surface area contributed by atoms with Crippen LogP contribution in [0.15, 0.2) is 18.2 Å². The van der Waals surface area contributed by atoms with Crippen LogP contribution in [0.1, 0.15) is 46.6 Å². The molecule has 0 spiro atoms. The smallest absolute Gasteiger partial charge is 0.337 e. The molecule has 0 fully saturated rings. The minimum absolute atomic E-state index is 0.163. The highest BCUT2D eigenvalue weighted by atomic mass is 32.1. The van der Waals surface area contributed by atoms with Gasteiger partial charge < -0.3 is 14.9 Å². The third kappa shape index (κ3) is 4.04. The number of rotatable bonds is 5. The van der Waals surface area contributed by atoms with E-state index in [1.54, 1.807) is 11.3 Å². The normalized spacial score (nSPS) is 15.7. The molecule has 1 aromatic carbocycles. The van der Waals surface area contributed by atoms with Crippen LogP contribution in [0.3, 0.4) is 0 Å². The summed E-state index contributed by atoms with van der Waals surface area (Å²) in [7, 11) is 8.16. The van der Waals surface area contributed by atoms with Gasteiger partial charge in [-0.15, -0.1) is 11.3 Å². The predicted octanol–water partition coefficient (Wildman–Crippen LogP) is 4.76. The van der Waals surface area contributed by atoms with Gasteiger partial charge in [-0.2, -0.15) is 0 Å². The largest absolute Gasteiger partial charge is 0.478 e. The number of carbonyl (C=O) groups is 1. The van der Waals surface area contributed by atoms with E-state index in [0.29, 0.717) is 5.56 Å². The van der Waals surface area contributed by atoms with Crippen LogP contribution >= 0.6 is 11.3 Å². The number of benzene rings is 1. The molecule has 1 N–H and O–H groups in total. The molecular weight excluding hydrogens is 356 g/mol. The minimum atomic E-state index is -0.798. The Labute approximate surface area is 166 Å². The molecule has 4 nitrogen and oxygen atoms in total. The van der Waals surface area contributed by atoms with Crippen molar-refractivity contribution in [3.05, 3.63) is 39.8 Å². The average molecular weight is 387 g/mol. The van der Waals surface area contributed by atoms with Crippen molar-refractivity contribution in [2.75, 3.05) is 33.1 Å². The monoisotopic (exact) mass is 386 g/mol. The molecule has 146 valence electrons. The molecule has 3 rings (SSSR count). The maximum absolute atomic E-state index is 12.2. The van der Waals surface area contributed by atoms with E-state index in [1.165, 1.54) is 10.4 Å². The molecule has 1 aliphatic rings. The molecule has 0 atom stereocenters. The summed E-state index contributed by atoms with van der Waals surface area (Å²) in [5.41, 5.74) is 5.12. The first-order chi connectivity index (χ1) is 12.6. The standard InChI is InChI=1S/C22H30N2O2S/c1-22(2)10-9-18-17(12-22)19(21(25)26)20(27-18)16-8-7-15(24(5)6)11-14(16)13-23(3)4/h7-8,11H,9-10,12-13H2,1-6H3,(H,25,26). The van der Waals surface area contributed by atoms with E-state index < -0.39 is 5.97 Å². The van der Waals surface area contributed by atoms with Crippen LogP contribution in [0.25, 0.3) is 10.4 Å². The SMILES string of the molecule is CN(C)Cc1cc(N(C)C)ccc1-c1sc2c(c1C(=O)O)CC(C)(C)CC2. The first-order valence-corrected chi connectivity index (χ1v) is 10.2. The lowest BCUT2D eigenvalue weighted by Crippen LogP contribution is -2.22. The van der Waals surface area contributed by atoms with Gasteiger partial charge in [0.25, 0.3) is 0 Å². The van der Waals surface area contributed by atoms with Gasteiger partial charge in [0.1, 0.15) is 0 Å². The number of carboxylic acid groups (broad SMARTS) is 1. The van der Waals surface area contributed by atoms with Crippen LogP contribution in [-0.4, -0.2) is 44.2 Å². The third-order valence-electron chi connectivity index (χ3n) is 5.33. The Hall–Kier alpha value is -1.85. The van der Waals surface area contributed by atoms with Crippen LogP contribution in [-0.2, 0) is 19.4 Å². The maximum atomic E-state index is 12.2. The number of anilines is 1. The average Bonchev–Trinajstić information content (AvgIpc) is 2.91. The second-order valence-electron chi connectivity index (χ2n) is 8.83. The van der Waals surface area contributed by atoms with Crippen molar-refractivity contribution in [3.63, 3.8) is 0 Å². The minimum Gasteiger partial charge on any atom is -0.478 e. The lowest BCUT2D eigenvalue weighted by molar-refractivity contribution is 0.0696. The van der Waals surface area contributed by atoms with Gasteiger partial charge in [-0.1, -0.05) is 19.9 Å². The molecule has 0 saturated heterocycles. The molecule has 5 heteroatoms. The number of carboxylic acids is 1. The Morgan fingerprint density at radius 2 is 1.93 bits per heavy atom. The van der Waals surface area contributed by atoms with E-state index in [2.05, 4.69) is 41.8 Å². The zero-order valence-corrected chi connectivity index (χ0v) is 18.0. The molecule has 0 bridgehead atoms. The fraction of sp³-hybridized carbons (Fsp3) is 0.500. The second-order valence-corrected chi connectivity index (χ2v) is 9.93. The quantitative estimate of drug-likeness (QED) is 0.805. The highest BCUT2D eigenvalue weighted by molar-refractivity contribution is 7.16. The molecule has 0 saturated carbocycles. The number of nitrogens with zero attached hydrogens (tertiary/aromatic N) is 2. The molecule has 1 aromatic heterocycles. The van der Waals surface area contributed by atoms with Gasteiger partial charge in [0, 0.05) is 36.1 Å². The highest BCUT2D eigenvalue weighted by Gasteiger charge is 2.33. The highest BCUT2D eigenvalue weighted by Crippen LogP contribution is 2.46. The van der Waals surface area contributed by atoms with Gasteiger partial charge in [-0.3, -0.25) is 0 Å². The van der Waals surface area contributed by atoms with Gasteiger partial charge in [0.15, 0.2) is 0 Å². The van der Waals surface area contributed by atoms with Gasteiger partial charge >= 0.3 is 5.97 Å². The number of fused-ring (bicyclic) bond motifs is 1. The van der Waals surface area contributed by atoms with E-state index in [9.17, 15) is 9.90 Å². The maximum Gasteiger partial charge on any atom is 0.337 e. The molecule has 27 heavy (non-hydrogen) atoms. The van der Waals surface area contributed by atoms with Crippen molar-refractivity contribution in [3.8, 4) is 10.4 Å². The summed E-state index contributed by atoms with van der Waals surface area (Å²) < 4.78 is 0. The lowest BCUT2D eigenvalue weighted by Gasteiger charge is -2.29. The summed E-state index contributed by atoms with van der Waals surface area (Å²) in [5.74, 6) is -0.798. The predicted molar refractivity (Wildman–Crippen MR) is 114 cm³/mol. The number of aryl methyl sites for hydroxylation is 1. The first-order valence-electron chi connectivity index (χ1n) is 9.42. The fourth-order valence-electron chi connectivity index (χ4n) is 3.89. The number of hydrogen-bond acceptors (Lipinski definition) is 4. The zero-order chi connectivity index (χ0) is 19.9. The molecule has 0 aliphatic heterocycles. The van der Waals surface area contributed by atoms with Crippen LogP contribution in [0.2, 0.25) is 0 Å². The van der Waals surface area contributed by atoms with Crippen LogP contribution in [0.4, 0.5) is 5.69 Å². The molecule has 0 unspecified atom stereocenters. The molecule has 0 radical (unpaired) electrons. The molecule has 2 aromatic rings. The van der Waals surface area contributed by atoms with Crippen LogP contribution < -0.4 is 4.90 Å². The summed E-state index contributed by atoms with van der Waals surface area (Å²) in [4.78, 5) is 18.6. The molecular formula is C22H30N2O2S. The zero-order valence-electron chi connectivity index (χ0n) is 17.2. The molecule has 1 aliphatic carbocycles. The van der Waals surface area contributed by atoms with E-state index >= 15 is 0 Å². The Morgan fingerprint density at radius 3 is 2.52 bits per heavy atom. The van der Waals surface area contributed by atoms with Crippen molar-refractivity contribution in [1.29, 1.82) is 0 Å². The number of thiophene rings is 1. The molecule has 0 amide bonds. The fourth-order valence-corrected chi connectivity index (χ4v) is 5.26. The topological polar surface area (TPSA) is 43.8 Å². The van der Waals surface area contributed by atoms with Gasteiger partial charge in [0.05, 0.1) is 5.56 Å². The van der Waals surface area contributed by atoms with E-state index in [0.717, 1.165) is 47.5 Å². The van der Waals surface area contributed by atoms with Crippen molar-refractivity contribution in [2.24, 2.45) is 5.41 Å². The summed E-state index contributed by atoms with van der Waals surface area (Å²) in [6.45, 7) is 5.26. The summed E-state index contributed by atoms with van der Waals surface area (Å²) in [6.07, 6.45) is 2.94. The number of hydrogen-bond donors (Lipinski definition) is 1. The van der Waals surface area contributed by atoms with Gasteiger partial charge in [-0.25, -0.2) is 4.79 Å². The lowest BCUT2D eigenvalue weighted by atomic mass is 9.76. The Bertz CT molecular complexity index is 865. The second kappa shape index (κ2) is 7.28. The van der Waals surface area contributed by atoms with Crippen molar-refractivity contribution < 1.29 is 9.90 Å². The summed E-state index contributed by atoms with van der Waals surface area (Å²) >= 11 is 1.69. The Morgan fingerprint density at radius 1 is 1.22 bits per heavy atom. The van der Waals surface area contributed by atoms with Crippen molar-refractivity contribution >= 4 is 23.0 Å². The Balaban J connectivity index is 2.19. The van der Waals surface area contributed by atoms with Gasteiger partial charge in [-0.05, 0) is 67.6 Å². The molecule has 1 heterocycles. The summed E-state index contributed by atoms with van der Waals surface area (Å²) in [6, 6.07) is 6.37. The van der Waals surface area contributed by atoms with Crippen molar-refractivity contribution in [2.45, 2.75) is 39.7 Å². The third-order valence-corrected chi connectivity index (χ3v) is 6.65. The first kappa shape index (κ1) is 19.9. The van der Waals surface area contributed by atoms with Gasteiger partial charge in [0.2, 0.25) is 0 Å². The Kier molecular flexibility index (Phi) is 5.37. The van der Waals surface area contributed by atoms with Crippen LogP contribution in [0.5, 0.6) is 0 Å². The summed E-state index contributed by atoms with van der Waals surface area (Å²) in [5, 5.41) is 10.0. The van der Waals surface area contributed by atoms with E-state index in [4.69, 9.17) is 0 Å². The number of aromatic carboxylic acids is 1. The van der Waals surface area contributed by atoms with Crippen LogP contribution in [0, 0.1) is 5.41 Å².